The average molecular weight is 403 g/mol. The van der Waals surface area contributed by atoms with E-state index in [9.17, 15) is 9.18 Å². The van der Waals surface area contributed by atoms with Gasteiger partial charge in [0.15, 0.2) is 0 Å². The Morgan fingerprint density at radius 1 is 1.20 bits per heavy atom. The van der Waals surface area contributed by atoms with Gasteiger partial charge in [0.1, 0.15) is 5.82 Å². The summed E-state index contributed by atoms with van der Waals surface area (Å²) in [6.07, 6.45) is 6.59. The van der Waals surface area contributed by atoms with Crippen LogP contribution >= 0.6 is 0 Å². The summed E-state index contributed by atoms with van der Waals surface area (Å²) in [5.41, 5.74) is 4.41. The Morgan fingerprint density at radius 3 is 2.80 bits per heavy atom. The average Bonchev–Trinajstić information content (AvgIpc) is 3.49. The molecular weight excluding hydrogens is 381 g/mol. The number of aromatic nitrogens is 4. The molecule has 1 fully saturated rings. The summed E-state index contributed by atoms with van der Waals surface area (Å²) in [6.45, 7) is 3.60. The van der Waals surface area contributed by atoms with Crippen LogP contribution in [-0.4, -0.2) is 43.1 Å². The predicted molar refractivity (Wildman–Crippen MR) is 112 cm³/mol. The van der Waals surface area contributed by atoms with Gasteiger partial charge in [-0.25, -0.2) is 9.37 Å². The third-order valence-corrected chi connectivity index (χ3v) is 5.89. The number of amides is 1. The van der Waals surface area contributed by atoms with Gasteiger partial charge in [0.25, 0.3) is 5.91 Å². The van der Waals surface area contributed by atoms with E-state index in [-0.39, 0.29) is 17.8 Å². The van der Waals surface area contributed by atoms with Crippen molar-refractivity contribution in [3.63, 3.8) is 0 Å². The lowest BCUT2D eigenvalue weighted by Crippen LogP contribution is -2.34. The first-order valence-corrected chi connectivity index (χ1v) is 10.1. The summed E-state index contributed by atoms with van der Waals surface area (Å²) in [7, 11) is 0. The number of H-pyrrole nitrogens is 1. The van der Waals surface area contributed by atoms with Crippen LogP contribution < -0.4 is 0 Å². The first-order chi connectivity index (χ1) is 14.6. The fraction of sp³-hybridized carbons (Fsp3) is 0.261. The monoisotopic (exact) mass is 403 g/mol. The molecule has 0 saturated carbocycles. The van der Waals surface area contributed by atoms with Crippen molar-refractivity contribution in [3.8, 4) is 11.3 Å². The van der Waals surface area contributed by atoms with Gasteiger partial charge < -0.3 is 9.47 Å². The van der Waals surface area contributed by atoms with Gasteiger partial charge in [-0.15, -0.1) is 0 Å². The van der Waals surface area contributed by atoms with Gasteiger partial charge in [0, 0.05) is 42.7 Å². The molecule has 7 heteroatoms. The van der Waals surface area contributed by atoms with Gasteiger partial charge in [0.05, 0.1) is 22.9 Å². The highest BCUT2D eigenvalue weighted by atomic mass is 19.1. The quantitative estimate of drug-likeness (QED) is 0.557. The Labute approximate surface area is 173 Å². The number of carbonyl (C=O) groups excluding carboxylic acids is 1. The summed E-state index contributed by atoms with van der Waals surface area (Å²) in [5.74, 6) is -0.00903. The van der Waals surface area contributed by atoms with Crippen LogP contribution in [0.1, 0.15) is 23.7 Å². The number of hydrogen-bond acceptors (Lipinski definition) is 3. The Kier molecular flexibility index (Phi) is 4.58. The molecule has 4 aromatic rings. The van der Waals surface area contributed by atoms with Crippen molar-refractivity contribution in [3.05, 3.63) is 72.4 Å². The van der Waals surface area contributed by atoms with Crippen LogP contribution in [0.25, 0.3) is 22.3 Å². The number of halogens is 1. The van der Waals surface area contributed by atoms with Gasteiger partial charge in [-0.2, -0.15) is 5.10 Å². The van der Waals surface area contributed by atoms with Gasteiger partial charge >= 0.3 is 0 Å². The summed E-state index contributed by atoms with van der Waals surface area (Å²) < 4.78 is 15.4. The molecule has 0 radical (unpaired) electrons. The van der Waals surface area contributed by atoms with Crippen molar-refractivity contribution in [1.29, 1.82) is 0 Å². The Morgan fingerprint density at radius 2 is 2.03 bits per heavy atom. The maximum atomic E-state index is 13.2. The first kappa shape index (κ1) is 18.5. The number of carbonyl (C=O) groups is 1. The smallest absolute Gasteiger partial charge is 0.254 e. The Balaban J connectivity index is 1.32. The zero-order valence-electron chi connectivity index (χ0n) is 16.6. The van der Waals surface area contributed by atoms with Gasteiger partial charge in [-0.05, 0) is 61.7 Å². The predicted octanol–water partition coefficient (Wildman–Crippen LogP) is 4.12. The summed E-state index contributed by atoms with van der Waals surface area (Å²) >= 11 is 0. The fourth-order valence-corrected chi connectivity index (χ4v) is 4.38. The standard InChI is InChI=1S/C23H22FN5O/c1-15-10-16(14-29(15)23(30)17-2-4-19(24)5-3-17)13-28-9-8-21-22(28)7-6-20(27-21)18-11-25-26-12-18/h2-9,11-12,15-16H,10,13-14H2,1H3,(H,25,26)/t15-,16?/m0/s1. The van der Waals surface area contributed by atoms with Crippen molar-refractivity contribution in [2.24, 2.45) is 5.92 Å². The summed E-state index contributed by atoms with van der Waals surface area (Å²) in [6, 6.07) is 12.1. The van der Waals surface area contributed by atoms with Crippen molar-refractivity contribution in [1.82, 2.24) is 24.6 Å². The molecule has 0 aliphatic carbocycles. The Bertz CT molecular complexity index is 1180. The van der Waals surface area contributed by atoms with Crippen LogP contribution in [0.4, 0.5) is 4.39 Å². The molecule has 2 atom stereocenters. The van der Waals surface area contributed by atoms with E-state index in [2.05, 4.69) is 34.0 Å². The molecule has 1 unspecified atom stereocenters. The number of pyridine rings is 1. The molecule has 152 valence electrons. The van der Waals surface area contributed by atoms with Crippen molar-refractivity contribution < 1.29 is 9.18 Å². The molecule has 1 amide bonds. The lowest BCUT2D eigenvalue weighted by Gasteiger charge is -2.21. The van der Waals surface area contributed by atoms with E-state index >= 15 is 0 Å². The molecule has 5 rings (SSSR count). The minimum atomic E-state index is -0.331. The minimum Gasteiger partial charge on any atom is -0.346 e. The molecule has 3 aromatic heterocycles. The number of rotatable bonds is 4. The SMILES string of the molecule is C[C@H]1CC(Cn2ccc3nc(-c4cn[nH]c4)ccc32)CN1C(=O)c1ccc(F)cc1. The molecule has 6 nitrogen and oxygen atoms in total. The number of nitrogens with one attached hydrogen (secondary N) is 1. The number of likely N-dealkylation sites (tertiary alicyclic amines) is 1. The lowest BCUT2D eigenvalue weighted by atomic mass is 10.1. The second kappa shape index (κ2) is 7.40. The van der Waals surface area contributed by atoms with Crippen LogP contribution in [0.2, 0.25) is 0 Å². The number of fused-ring (bicyclic) bond motifs is 1. The number of hydrogen-bond donors (Lipinski definition) is 1. The van der Waals surface area contributed by atoms with E-state index in [4.69, 9.17) is 4.98 Å². The van der Waals surface area contributed by atoms with Crippen LogP contribution in [0.5, 0.6) is 0 Å². The third kappa shape index (κ3) is 3.36. The third-order valence-electron chi connectivity index (χ3n) is 5.89. The molecule has 1 aromatic carbocycles. The molecule has 30 heavy (non-hydrogen) atoms. The fourth-order valence-electron chi connectivity index (χ4n) is 4.38. The van der Waals surface area contributed by atoms with Crippen molar-refractivity contribution in [2.75, 3.05) is 6.54 Å². The van der Waals surface area contributed by atoms with Crippen LogP contribution in [0.3, 0.4) is 0 Å². The second-order valence-electron chi connectivity index (χ2n) is 7.97. The van der Waals surface area contributed by atoms with Crippen LogP contribution in [0, 0.1) is 11.7 Å². The van der Waals surface area contributed by atoms with E-state index < -0.39 is 0 Å². The highest BCUT2D eigenvalue weighted by Crippen LogP contribution is 2.28. The molecule has 0 spiro atoms. The molecule has 4 heterocycles. The largest absolute Gasteiger partial charge is 0.346 e. The van der Waals surface area contributed by atoms with Gasteiger partial charge in [-0.3, -0.25) is 9.89 Å². The van der Waals surface area contributed by atoms with Crippen LogP contribution in [0.15, 0.2) is 61.1 Å². The Hall–Kier alpha value is -3.48. The number of nitrogens with zero attached hydrogens (tertiary/aromatic N) is 4. The lowest BCUT2D eigenvalue weighted by molar-refractivity contribution is 0.0742. The van der Waals surface area contributed by atoms with E-state index in [1.165, 1.54) is 12.1 Å². The molecule has 1 aliphatic heterocycles. The topological polar surface area (TPSA) is 66.8 Å². The molecule has 1 saturated heterocycles. The molecule has 0 bridgehead atoms. The maximum absolute atomic E-state index is 13.2. The number of aromatic amines is 1. The zero-order valence-corrected chi connectivity index (χ0v) is 16.6. The molecule has 1 N–H and O–H groups in total. The minimum absolute atomic E-state index is 0.0335. The highest BCUT2D eigenvalue weighted by molar-refractivity contribution is 5.94. The van der Waals surface area contributed by atoms with Crippen molar-refractivity contribution in [2.45, 2.75) is 25.9 Å². The van der Waals surface area contributed by atoms with Crippen LogP contribution in [-0.2, 0) is 6.54 Å². The van der Waals surface area contributed by atoms with E-state index in [1.807, 2.05) is 23.2 Å². The van der Waals surface area contributed by atoms with Crippen molar-refractivity contribution >= 4 is 16.9 Å². The van der Waals surface area contributed by atoms with Gasteiger partial charge in [-0.1, -0.05) is 0 Å². The highest BCUT2D eigenvalue weighted by Gasteiger charge is 2.33. The van der Waals surface area contributed by atoms with E-state index in [1.54, 1.807) is 18.3 Å². The normalized spacial score (nSPS) is 18.9. The zero-order chi connectivity index (χ0) is 20.7. The second-order valence-corrected chi connectivity index (χ2v) is 7.97. The first-order valence-electron chi connectivity index (χ1n) is 10.1. The van der Waals surface area contributed by atoms with E-state index in [0.29, 0.717) is 18.0 Å². The molecular formula is C23H22FN5O. The molecule has 1 aliphatic rings. The van der Waals surface area contributed by atoms with Gasteiger partial charge in [0.2, 0.25) is 0 Å². The number of benzene rings is 1. The maximum Gasteiger partial charge on any atom is 0.254 e. The van der Waals surface area contributed by atoms with E-state index in [0.717, 1.165) is 35.3 Å². The summed E-state index contributed by atoms with van der Waals surface area (Å²) in [5, 5.41) is 6.80. The summed E-state index contributed by atoms with van der Waals surface area (Å²) in [4.78, 5) is 19.5.